The molecule has 1 saturated heterocycles. The van der Waals surface area contributed by atoms with Crippen molar-refractivity contribution in [2.45, 2.75) is 39.2 Å². The molecular formula is C12H24N2O2. The van der Waals surface area contributed by atoms with E-state index < -0.39 is 11.5 Å². The zero-order valence-corrected chi connectivity index (χ0v) is 10.6. The van der Waals surface area contributed by atoms with E-state index in [2.05, 4.69) is 18.7 Å². The van der Waals surface area contributed by atoms with Gasteiger partial charge in [-0.15, -0.1) is 0 Å². The number of aliphatic carboxylic acids is 1. The third kappa shape index (κ3) is 3.76. The predicted molar refractivity (Wildman–Crippen MR) is 64.2 cm³/mol. The molecule has 0 aliphatic carbocycles. The van der Waals surface area contributed by atoms with Crippen LogP contribution in [0.3, 0.4) is 0 Å². The maximum absolute atomic E-state index is 10.9. The lowest BCUT2D eigenvalue weighted by molar-refractivity contribution is -0.143. The smallest absolute Gasteiger partial charge is 0.323 e. The fraction of sp³-hybridized carbons (Fsp3) is 0.917. The van der Waals surface area contributed by atoms with Gasteiger partial charge in [-0.3, -0.25) is 4.79 Å². The number of carbonyl (C=O) groups is 1. The van der Waals surface area contributed by atoms with Crippen LogP contribution in [0.5, 0.6) is 0 Å². The highest BCUT2D eigenvalue weighted by atomic mass is 16.4. The van der Waals surface area contributed by atoms with Crippen molar-refractivity contribution in [2.75, 3.05) is 19.6 Å². The minimum absolute atomic E-state index is 0.516. The van der Waals surface area contributed by atoms with Crippen molar-refractivity contribution in [3.8, 4) is 0 Å². The predicted octanol–water partition coefficient (Wildman–Crippen LogP) is 1.16. The van der Waals surface area contributed by atoms with Crippen molar-refractivity contribution in [3.05, 3.63) is 0 Å². The Hall–Kier alpha value is -0.610. The van der Waals surface area contributed by atoms with Gasteiger partial charge in [0, 0.05) is 19.6 Å². The summed E-state index contributed by atoms with van der Waals surface area (Å²) in [6.07, 6.45) is 1.79. The molecule has 16 heavy (non-hydrogen) atoms. The van der Waals surface area contributed by atoms with Gasteiger partial charge in [0.15, 0.2) is 0 Å². The van der Waals surface area contributed by atoms with Crippen LogP contribution < -0.4 is 5.73 Å². The first-order valence-corrected chi connectivity index (χ1v) is 6.06. The third-order valence-corrected chi connectivity index (χ3v) is 3.38. The summed E-state index contributed by atoms with van der Waals surface area (Å²) in [5.41, 5.74) is 4.63. The molecule has 4 nitrogen and oxygen atoms in total. The molecule has 0 saturated carbocycles. The molecule has 1 fully saturated rings. The fourth-order valence-electron chi connectivity index (χ4n) is 2.47. The largest absolute Gasteiger partial charge is 0.480 e. The summed E-state index contributed by atoms with van der Waals surface area (Å²) < 4.78 is 0. The van der Waals surface area contributed by atoms with Crippen LogP contribution in [0, 0.1) is 11.8 Å². The molecule has 0 radical (unpaired) electrons. The molecule has 3 unspecified atom stereocenters. The lowest BCUT2D eigenvalue weighted by Gasteiger charge is -2.36. The molecule has 0 spiro atoms. The monoisotopic (exact) mass is 228 g/mol. The van der Waals surface area contributed by atoms with Crippen molar-refractivity contribution >= 4 is 5.97 Å². The second-order valence-corrected chi connectivity index (χ2v) is 5.68. The maximum Gasteiger partial charge on any atom is 0.323 e. The Labute approximate surface area is 97.8 Å². The highest BCUT2D eigenvalue weighted by molar-refractivity contribution is 5.77. The second-order valence-electron chi connectivity index (χ2n) is 5.68. The molecule has 0 aromatic rings. The SMILES string of the molecule is CC1CC(C)CN(CCC(C)(N)C(=O)O)C1. The van der Waals surface area contributed by atoms with Crippen molar-refractivity contribution < 1.29 is 9.90 Å². The Balaban J connectivity index is 2.40. The number of carboxylic acids is 1. The number of hydrogen-bond donors (Lipinski definition) is 2. The van der Waals surface area contributed by atoms with E-state index in [9.17, 15) is 4.79 Å². The average Bonchev–Trinajstić information content (AvgIpc) is 2.13. The van der Waals surface area contributed by atoms with Gasteiger partial charge in [-0.25, -0.2) is 0 Å². The van der Waals surface area contributed by atoms with Crippen molar-refractivity contribution in [1.29, 1.82) is 0 Å². The van der Waals surface area contributed by atoms with Crippen LogP contribution >= 0.6 is 0 Å². The highest BCUT2D eigenvalue weighted by Gasteiger charge is 2.29. The number of likely N-dealkylation sites (tertiary alicyclic amines) is 1. The molecule has 0 aromatic heterocycles. The van der Waals surface area contributed by atoms with Gasteiger partial charge in [0.25, 0.3) is 0 Å². The van der Waals surface area contributed by atoms with E-state index >= 15 is 0 Å². The maximum atomic E-state index is 10.9. The first-order chi connectivity index (χ1) is 7.31. The zero-order chi connectivity index (χ0) is 12.3. The summed E-state index contributed by atoms with van der Waals surface area (Å²) in [6.45, 7) is 9.02. The normalized spacial score (nSPS) is 31.0. The van der Waals surface area contributed by atoms with E-state index in [0.29, 0.717) is 18.3 Å². The first kappa shape index (κ1) is 13.5. The van der Waals surface area contributed by atoms with Crippen LogP contribution in [0.25, 0.3) is 0 Å². The van der Waals surface area contributed by atoms with Gasteiger partial charge < -0.3 is 15.7 Å². The van der Waals surface area contributed by atoms with Gasteiger partial charge in [-0.1, -0.05) is 13.8 Å². The van der Waals surface area contributed by atoms with E-state index in [1.807, 2.05) is 0 Å². The summed E-state index contributed by atoms with van der Waals surface area (Å²) in [6, 6.07) is 0. The minimum atomic E-state index is -1.09. The molecule has 3 atom stereocenters. The molecule has 1 heterocycles. The van der Waals surface area contributed by atoms with Gasteiger partial charge >= 0.3 is 5.97 Å². The number of piperidine rings is 1. The van der Waals surface area contributed by atoms with E-state index in [-0.39, 0.29) is 0 Å². The summed E-state index contributed by atoms with van der Waals surface area (Å²) in [7, 11) is 0. The average molecular weight is 228 g/mol. The summed E-state index contributed by atoms with van der Waals surface area (Å²) in [5, 5.41) is 8.93. The molecule has 0 amide bonds. The molecule has 1 rings (SSSR count). The third-order valence-electron chi connectivity index (χ3n) is 3.38. The summed E-state index contributed by atoms with van der Waals surface area (Å²) in [5.74, 6) is 0.501. The molecule has 4 heteroatoms. The van der Waals surface area contributed by atoms with E-state index in [1.165, 1.54) is 6.42 Å². The van der Waals surface area contributed by atoms with Crippen LogP contribution in [-0.2, 0) is 4.79 Å². The van der Waals surface area contributed by atoms with Gasteiger partial charge in [0.1, 0.15) is 5.54 Å². The molecule has 94 valence electrons. The van der Waals surface area contributed by atoms with Crippen LogP contribution in [0.1, 0.15) is 33.6 Å². The molecule has 0 aromatic carbocycles. The number of hydrogen-bond acceptors (Lipinski definition) is 3. The first-order valence-electron chi connectivity index (χ1n) is 6.06. The Bertz CT molecular complexity index is 243. The Kier molecular flexibility index (Phi) is 4.33. The molecular weight excluding hydrogens is 204 g/mol. The van der Waals surface area contributed by atoms with Crippen molar-refractivity contribution in [2.24, 2.45) is 17.6 Å². The van der Waals surface area contributed by atoms with Crippen molar-refractivity contribution in [1.82, 2.24) is 4.90 Å². The number of nitrogens with two attached hydrogens (primary N) is 1. The van der Waals surface area contributed by atoms with Gasteiger partial charge in [-0.2, -0.15) is 0 Å². The minimum Gasteiger partial charge on any atom is -0.480 e. The summed E-state index contributed by atoms with van der Waals surface area (Å²) >= 11 is 0. The number of carboxylic acid groups (broad SMARTS) is 1. The standard InChI is InChI=1S/C12H24N2O2/c1-9-6-10(2)8-14(7-9)5-4-12(3,13)11(15)16/h9-10H,4-8,13H2,1-3H3,(H,15,16). The quantitative estimate of drug-likeness (QED) is 0.757. The van der Waals surface area contributed by atoms with Gasteiger partial charge in [0.05, 0.1) is 0 Å². The fourth-order valence-corrected chi connectivity index (χ4v) is 2.47. The zero-order valence-electron chi connectivity index (χ0n) is 10.6. The van der Waals surface area contributed by atoms with Gasteiger partial charge in [-0.05, 0) is 31.6 Å². The van der Waals surface area contributed by atoms with E-state index in [1.54, 1.807) is 6.92 Å². The van der Waals surface area contributed by atoms with Crippen LogP contribution in [0.4, 0.5) is 0 Å². The molecule has 3 N–H and O–H groups in total. The number of rotatable bonds is 4. The van der Waals surface area contributed by atoms with Crippen molar-refractivity contribution in [3.63, 3.8) is 0 Å². The van der Waals surface area contributed by atoms with Crippen LogP contribution in [-0.4, -0.2) is 41.1 Å². The Morgan fingerprint density at radius 1 is 1.44 bits per heavy atom. The molecule has 0 bridgehead atoms. The Morgan fingerprint density at radius 3 is 2.38 bits per heavy atom. The second kappa shape index (κ2) is 5.15. The number of nitrogens with zero attached hydrogens (tertiary/aromatic N) is 1. The van der Waals surface area contributed by atoms with Crippen LogP contribution in [0.2, 0.25) is 0 Å². The summed E-state index contributed by atoms with van der Waals surface area (Å²) in [4.78, 5) is 13.2. The molecule has 1 aliphatic rings. The van der Waals surface area contributed by atoms with E-state index in [4.69, 9.17) is 10.8 Å². The topological polar surface area (TPSA) is 66.6 Å². The van der Waals surface area contributed by atoms with Gasteiger partial charge in [0.2, 0.25) is 0 Å². The molecule has 1 aliphatic heterocycles. The lowest BCUT2D eigenvalue weighted by atomic mass is 9.91. The lowest BCUT2D eigenvalue weighted by Crippen LogP contribution is -2.49. The van der Waals surface area contributed by atoms with E-state index in [0.717, 1.165) is 19.6 Å². The Morgan fingerprint density at radius 2 is 1.94 bits per heavy atom. The highest BCUT2D eigenvalue weighted by Crippen LogP contribution is 2.21. The van der Waals surface area contributed by atoms with Crippen LogP contribution in [0.15, 0.2) is 0 Å².